The van der Waals surface area contributed by atoms with Gasteiger partial charge in [0.25, 0.3) is 0 Å². The van der Waals surface area contributed by atoms with E-state index < -0.39 is 11.7 Å². The third-order valence-corrected chi connectivity index (χ3v) is 3.33. The third kappa shape index (κ3) is 3.80. The number of benzene rings is 1. The number of nitrogen functional groups attached to an aromatic ring is 1. The van der Waals surface area contributed by atoms with E-state index in [1.165, 1.54) is 23.5 Å². The second kappa shape index (κ2) is 5.62. The lowest BCUT2D eigenvalue weighted by atomic mass is 10.0. The molecule has 2 N–H and O–H groups in total. The van der Waals surface area contributed by atoms with E-state index in [1.54, 1.807) is 5.38 Å². The van der Waals surface area contributed by atoms with Crippen LogP contribution in [0.25, 0.3) is 0 Å². The van der Waals surface area contributed by atoms with Gasteiger partial charge < -0.3 is 5.73 Å². The molecule has 0 spiro atoms. The Hall–Kier alpha value is -1.89. The number of aromatic nitrogens is 1. The minimum Gasteiger partial charge on any atom is -0.375 e. The number of ketones is 1. The van der Waals surface area contributed by atoms with Crippen LogP contribution in [0.4, 0.5) is 18.3 Å². The molecule has 2 rings (SSSR count). The van der Waals surface area contributed by atoms with E-state index in [0.29, 0.717) is 16.4 Å². The van der Waals surface area contributed by atoms with Crippen LogP contribution < -0.4 is 5.73 Å². The molecule has 0 radical (unpaired) electrons. The molecule has 3 nitrogen and oxygen atoms in total. The maximum Gasteiger partial charge on any atom is 0.416 e. The average molecular weight is 300 g/mol. The van der Waals surface area contributed by atoms with E-state index in [-0.39, 0.29) is 18.6 Å². The van der Waals surface area contributed by atoms with Crippen molar-refractivity contribution in [2.24, 2.45) is 0 Å². The molecular formula is C13H11F3N2OS. The molecular weight excluding hydrogens is 289 g/mol. The molecule has 0 bridgehead atoms. The van der Waals surface area contributed by atoms with Crippen LogP contribution in [0, 0.1) is 0 Å². The predicted molar refractivity (Wildman–Crippen MR) is 70.4 cm³/mol. The van der Waals surface area contributed by atoms with E-state index in [9.17, 15) is 18.0 Å². The Morgan fingerprint density at radius 1 is 1.30 bits per heavy atom. The number of hydrogen-bond donors (Lipinski definition) is 1. The summed E-state index contributed by atoms with van der Waals surface area (Å²) in [5.41, 5.74) is 5.58. The van der Waals surface area contributed by atoms with Gasteiger partial charge in [0.05, 0.1) is 11.3 Å². The highest BCUT2D eigenvalue weighted by Crippen LogP contribution is 2.29. The van der Waals surface area contributed by atoms with Crippen molar-refractivity contribution < 1.29 is 18.0 Å². The zero-order valence-electron chi connectivity index (χ0n) is 10.3. The van der Waals surface area contributed by atoms with Crippen molar-refractivity contribution in [3.05, 3.63) is 46.5 Å². The minimum absolute atomic E-state index is 0.0542. The van der Waals surface area contributed by atoms with E-state index in [2.05, 4.69) is 4.98 Å². The summed E-state index contributed by atoms with van der Waals surface area (Å²) in [5, 5.41) is 2.03. The van der Waals surface area contributed by atoms with Crippen molar-refractivity contribution >= 4 is 22.3 Å². The lowest BCUT2D eigenvalue weighted by Crippen LogP contribution is -2.09. The SMILES string of the molecule is Nc1nc(CC(=O)Cc2cccc(C(F)(F)F)c2)cs1. The molecule has 0 fully saturated rings. The highest BCUT2D eigenvalue weighted by atomic mass is 32.1. The Balaban J connectivity index is 2.04. The van der Waals surface area contributed by atoms with Gasteiger partial charge in [0.1, 0.15) is 5.78 Å². The zero-order chi connectivity index (χ0) is 14.8. The molecule has 1 aromatic heterocycles. The second-order valence-corrected chi connectivity index (χ2v) is 5.16. The summed E-state index contributed by atoms with van der Waals surface area (Å²) in [4.78, 5) is 15.7. The van der Waals surface area contributed by atoms with Crippen LogP contribution in [0.2, 0.25) is 0 Å². The standard InChI is InChI=1S/C13H11F3N2OS/c14-13(15,16)9-3-1-2-8(4-9)5-11(19)6-10-7-20-12(17)18-10/h1-4,7H,5-6H2,(H2,17,18). The minimum atomic E-state index is -4.40. The van der Waals surface area contributed by atoms with Gasteiger partial charge >= 0.3 is 6.18 Å². The summed E-state index contributed by atoms with van der Waals surface area (Å²) in [6.45, 7) is 0. The summed E-state index contributed by atoms with van der Waals surface area (Å²) in [6.07, 6.45) is -4.38. The van der Waals surface area contributed by atoms with Gasteiger partial charge in [-0.15, -0.1) is 11.3 Å². The van der Waals surface area contributed by atoms with Crippen LogP contribution >= 0.6 is 11.3 Å². The van der Waals surface area contributed by atoms with Crippen molar-refractivity contribution in [2.75, 3.05) is 5.73 Å². The number of nitrogens with two attached hydrogens (primary N) is 1. The lowest BCUT2D eigenvalue weighted by molar-refractivity contribution is -0.137. The van der Waals surface area contributed by atoms with Crippen LogP contribution in [0.15, 0.2) is 29.6 Å². The maximum atomic E-state index is 12.5. The van der Waals surface area contributed by atoms with Crippen molar-refractivity contribution in [1.29, 1.82) is 0 Å². The molecule has 20 heavy (non-hydrogen) atoms. The first kappa shape index (κ1) is 14.5. The normalized spacial score (nSPS) is 11.6. The molecule has 0 atom stereocenters. The summed E-state index contributed by atoms with van der Waals surface area (Å²) in [7, 11) is 0. The summed E-state index contributed by atoms with van der Waals surface area (Å²) in [6, 6.07) is 4.78. The number of anilines is 1. The Morgan fingerprint density at radius 2 is 2.05 bits per heavy atom. The van der Waals surface area contributed by atoms with Gasteiger partial charge in [-0.2, -0.15) is 13.2 Å². The molecule has 0 aliphatic heterocycles. The number of alkyl halides is 3. The molecule has 0 aliphatic carbocycles. The first-order valence-corrected chi connectivity index (χ1v) is 6.60. The molecule has 106 valence electrons. The molecule has 0 unspecified atom stereocenters. The predicted octanol–water partition coefficient (Wildman–Crippen LogP) is 3.10. The lowest BCUT2D eigenvalue weighted by Gasteiger charge is -2.08. The Morgan fingerprint density at radius 3 is 2.65 bits per heavy atom. The molecule has 7 heteroatoms. The number of thiazole rings is 1. The molecule has 0 amide bonds. The van der Waals surface area contributed by atoms with Crippen LogP contribution in [0.5, 0.6) is 0 Å². The molecule has 1 heterocycles. The Bertz CT molecular complexity index is 622. The molecule has 2 aromatic rings. The van der Waals surface area contributed by atoms with E-state index >= 15 is 0 Å². The van der Waals surface area contributed by atoms with Gasteiger partial charge in [0, 0.05) is 18.2 Å². The fourth-order valence-electron chi connectivity index (χ4n) is 1.75. The fraction of sp³-hybridized carbons (Fsp3) is 0.231. The highest BCUT2D eigenvalue weighted by molar-refractivity contribution is 7.13. The van der Waals surface area contributed by atoms with Crippen molar-refractivity contribution in [3.8, 4) is 0 Å². The van der Waals surface area contributed by atoms with E-state index in [0.717, 1.165) is 12.1 Å². The third-order valence-electron chi connectivity index (χ3n) is 2.60. The molecule has 0 saturated heterocycles. The molecule has 1 aromatic carbocycles. The first-order chi connectivity index (χ1) is 9.34. The van der Waals surface area contributed by atoms with E-state index in [4.69, 9.17) is 5.73 Å². The first-order valence-electron chi connectivity index (χ1n) is 5.72. The number of carbonyl (C=O) groups excluding carboxylic acids is 1. The van der Waals surface area contributed by atoms with Gasteiger partial charge in [-0.25, -0.2) is 4.98 Å². The number of rotatable bonds is 4. The smallest absolute Gasteiger partial charge is 0.375 e. The number of halogens is 3. The van der Waals surface area contributed by atoms with Gasteiger partial charge in [-0.3, -0.25) is 4.79 Å². The van der Waals surface area contributed by atoms with Crippen LogP contribution in [0.3, 0.4) is 0 Å². The van der Waals surface area contributed by atoms with Crippen molar-refractivity contribution in [1.82, 2.24) is 4.98 Å². The van der Waals surface area contributed by atoms with Gasteiger partial charge in [0.15, 0.2) is 5.13 Å². The van der Waals surface area contributed by atoms with Gasteiger partial charge in [-0.1, -0.05) is 18.2 Å². The summed E-state index contributed by atoms with van der Waals surface area (Å²) >= 11 is 1.22. The number of carbonyl (C=O) groups is 1. The van der Waals surface area contributed by atoms with Crippen LogP contribution in [-0.4, -0.2) is 10.8 Å². The molecule has 0 saturated carbocycles. The fourth-order valence-corrected chi connectivity index (χ4v) is 2.32. The number of Topliss-reactive ketones (excluding diaryl/α,β-unsaturated/α-hetero) is 1. The van der Waals surface area contributed by atoms with Crippen LogP contribution in [-0.2, 0) is 23.8 Å². The summed E-state index contributed by atoms with van der Waals surface area (Å²) < 4.78 is 37.6. The van der Waals surface area contributed by atoms with Crippen molar-refractivity contribution in [3.63, 3.8) is 0 Å². The Labute approximate surface area is 117 Å². The van der Waals surface area contributed by atoms with Crippen molar-refractivity contribution in [2.45, 2.75) is 19.0 Å². The van der Waals surface area contributed by atoms with E-state index in [1.807, 2.05) is 0 Å². The Kier molecular flexibility index (Phi) is 4.08. The number of hydrogen-bond acceptors (Lipinski definition) is 4. The van der Waals surface area contributed by atoms with Gasteiger partial charge in [0.2, 0.25) is 0 Å². The molecule has 0 aliphatic rings. The largest absolute Gasteiger partial charge is 0.416 e. The number of nitrogens with zero attached hydrogens (tertiary/aromatic N) is 1. The zero-order valence-corrected chi connectivity index (χ0v) is 11.1. The maximum absolute atomic E-state index is 12.5. The monoisotopic (exact) mass is 300 g/mol. The summed E-state index contributed by atoms with van der Waals surface area (Å²) in [5.74, 6) is -0.199. The quantitative estimate of drug-likeness (QED) is 0.944. The topological polar surface area (TPSA) is 56.0 Å². The second-order valence-electron chi connectivity index (χ2n) is 4.27. The highest BCUT2D eigenvalue weighted by Gasteiger charge is 2.30. The van der Waals surface area contributed by atoms with Gasteiger partial charge in [-0.05, 0) is 11.6 Å². The average Bonchev–Trinajstić information content (AvgIpc) is 2.73. The van der Waals surface area contributed by atoms with Crippen LogP contribution in [0.1, 0.15) is 16.8 Å².